The summed E-state index contributed by atoms with van der Waals surface area (Å²) in [6.07, 6.45) is 29.0. The van der Waals surface area contributed by atoms with Gasteiger partial charge in [0.15, 0.2) is 0 Å². The molecule has 115 heavy (non-hydrogen) atoms. The average molecular weight is 1650 g/mol. The molecule has 4 aromatic carbocycles. The van der Waals surface area contributed by atoms with Crippen LogP contribution < -0.4 is 18.9 Å². The highest BCUT2D eigenvalue weighted by molar-refractivity contribution is 5.33. The Bertz CT molecular complexity index is 3430. The maximum absolute atomic E-state index is 14.7. The third-order valence-electron chi connectivity index (χ3n) is 28.7. The van der Waals surface area contributed by atoms with E-state index in [-0.39, 0.29) is 29.7 Å². The van der Waals surface area contributed by atoms with Crippen LogP contribution in [0.2, 0.25) is 0 Å². The molecule has 8 aliphatic carbocycles. The Morgan fingerprint density at radius 1 is 0.243 bits per heavy atom. The summed E-state index contributed by atoms with van der Waals surface area (Å²) in [6, 6.07) is 6.73. The molecule has 12 rings (SSSR count). The first kappa shape index (κ1) is 95.4. The van der Waals surface area contributed by atoms with Crippen molar-refractivity contribution in [1.82, 2.24) is 0 Å². The molecule has 0 bridgehead atoms. The zero-order valence-electron chi connectivity index (χ0n) is 69.2. The van der Waals surface area contributed by atoms with Gasteiger partial charge in [0.2, 0.25) is 0 Å². The number of halogens is 16. The minimum absolute atomic E-state index is 0. The lowest BCUT2D eigenvalue weighted by atomic mass is 9.68. The Morgan fingerprint density at radius 2 is 0.426 bits per heavy atom. The van der Waals surface area contributed by atoms with Gasteiger partial charge in [-0.05, 0) is 253 Å². The second-order valence-electron chi connectivity index (χ2n) is 36.1. The Labute approximate surface area is 678 Å². The fourth-order valence-corrected chi connectivity index (χ4v) is 20.9. The predicted molar refractivity (Wildman–Crippen MR) is 426 cm³/mol. The van der Waals surface area contributed by atoms with Crippen molar-refractivity contribution in [3.8, 4) is 23.0 Å². The first-order valence-electron chi connectivity index (χ1n) is 44.3. The number of hydrogen-bond acceptors (Lipinski definition) is 4. The molecule has 0 N–H and O–H groups in total. The second kappa shape index (κ2) is 44.5. The van der Waals surface area contributed by atoms with Crippen LogP contribution in [0, 0.1) is 169 Å². The minimum atomic E-state index is -3.41. The highest BCUT2D eigenvalue weighted by atomic mass is 19.3. The molecule has 0 aliphatic heterocycles. The van der Waals surface area contributed by atoms with E-state index in [9.17, 15) is 70.2 Å². The number of alkyl halides is 8. The normalized spacial score (nSPS) is 28.4. The van der Waals surface area contributed by atoms with Crippen LogP contribution in [0.1, 0.15) is 327 Å². The predicted octanol–water partition coefficient (Wildman–Crippen LogP) is 32.0. The van der Waals surface area contributed by atoms with Crippen LogP contribution in [-0.2, 0) is 0 Å². The summed E-state index contributed by atoms with van der Waals surface area (Å²) in [5, 5.41) is 0. The highest BCUT2D eigenvalue weighted by Gasteiger charge is 2.50. The number of benzene rings is 4. The van der Waals surface area contributed by atoms with Crippen LogP contribution in [0.25, 0.3) is 0 Å². The fourth-order valence-electron chi connectivity index (χ4n) is 20.9. The lowest BCUT2D eigenvalue weighted by Gasteiger charge is -2.39. The van der Waals surface area contributed by atoms with Crippen LogP contribution in [0.4, 0.5) is 70.2 Å². The maximum atomic E-state index is 14.7. The summed E-state index contributed by atoms with van der Waals surface area (Å²) in [6.45, 7) is 14.0. The van der Waals surface area contributed by atoms with E-state index >= 15 is 0 Å². The molecule has 8 fully saturated rings. The summed E-state index contributed by atoms with van der Waals surface area (Å²) < 4.78 is 245. The van der Waals surface area contributed by atoms with Crippen LogP contribution >= 0.6 is 0 Å². The number of hydrogen-bond donors (Lipinski definition) is 0. The summed E-state index contributed by atoms with van der Waals surface area (Å²) >= 11 is 0. The Hall–Kier alpha value is -5.04. The molecule has 0 atom stereocenters. The Morgan fingerprint density at radius 3 is 0.617 bits per heavy atom. The van der Waals surface area contributed by atoms with Crippen molar-refractivity contribution in [3.63, 3.8) is 0 Å². The van der Waals surface area contributed by atoms with E-state index in [0.29, 0.717) is 98.7 Å². The first-order valence-corrected chi connectivity index (χ1v) is 44.3. The molecule has 0 aromatic heterocycles. The van der Waals surface area contributed by atoms with Gasteiger partial charge in [0.1, 0.15) is 69.5 Å². The molecule has 8 saturated carbocycles. The van der Waals surface area contributed by atoms with E-state index in [1.54, 1.807) is 0 Å². The molecule has 4 nitrogen and oxygen atoms in total. The van der Waals surface area contributed by atoms with E-state index in [1.807, 2.05) is 0 Å². The standard InChI is InChI=1S/C25H36F4O.C24H34F4O.C23H32F4O.C22H30F4O.CH4/c1-3-4-5-6-18-7-9-19(10-8-18)20-11-13-21(14-12-20)25(28,29)30-22-15-23(26)17(2)24(27)16-22;1-3-4-5-17-6-8-18(9-7-17)19-10-12-20(13-11-19)24(27,28)29-21-14-22(25)16(2)23(26)15-21;1-3-4-16-5-7-17(8-6-16)18-9-11-19(12-10-18)23(26,27)28-20-13-21(24)15(2)22(25)14-20;1-3-15-4-6-16(7-5-15)17-8-10-18(11-9-17)22(25,26)27-19-12-20(23)14(2)21(24)13-19;/h15-16,18-21H,3-14H2,1-2H3;14-15,17-20H,3-13H2,1-2H3;13-14,16-19H,3-12H2,1-2H3;12-13,15-18H,3-11H2,1-2H3;1H4. The third-order valence-corrected chi connectivity index (χ3v) is 28.7. The zero-order valence-corrected chi connectivity index (χ0v) is 69.2. The third kappa shape index (κ3) is 27.5. The van der Waals surface area contributed by atoms with Crippen molar-refractivity contribution in [2.24, 2.45) is 94.7 Å². The summed E-state index contributed by atoms with van der Waals surface area (Å²) in [7, 11) is 0. The molecule has 20 heteroatoms. The van der Waals surface area contributed by atoms with Gasteiger partial charge < -0.3 is 18.9 Å². The van der Waals surface area contributed by atoms with Crippen LogP contribution in [-0.4, -0.2) is 24.4 Å². The second-order valence-corrected chi connectivity index (χ2v) is 36.1. The zero-order chi connectivity index (χ0) is 82.7. The van der Waals surface area contributed by atoms with Gasteiger partial charge in [-0.3, -0.25) is 0 Å². The molecule has 0 spiro atoms. The molecule has 0 saturated heterocycles. The van der Waals surface area contributed by atoms with Crippen LogP contribution in [0.3, 0.4) is 0 Å². The van der Waals surface area contributed by atoms with Crippen LogP contribution in [0.5, 0.6) is 23.0 Å². The highest BCUT2D eigenvalue weighted by Crippen LogP contribution is 2.52. The van der Waals surface area contributed by atoms with Gasteiger partial charge in [0.25, 0.3) is 0 Å². The smallest absolute Gasteiger partial charge is 0.400 e. The molecular weight excluding hydrogens is 1510 g/mol. The van der Waals surface area contributed by atoms with E-state index in [2.05, 4.69) is 27.7 Å². The monoisotopic (exact) mass is 1650 g/mol. The van der Waals surface area contributed by atoms with Gasteiger partial charge in [-0.25, -0.2) is 35.1 Å². The van der Waals surface area contributed by atoms with E-state index < -0.39 is 118 Å². The summed E-state index contributed by atoms with van der Waals surface area (Å²) in [5.74, 6) is -4.08. The van der Waals surface area contributed by atoms with Crippen molar-refractivity contribution in [2.45, 2.75) is 357 Å². The largest absolute Gasteiger partial charge is 0.432 e. The molecule has 8 aliphatic rings. The molecule has 4 aromatic rings. The maximum Gasteiger partial charge on any atom is 0.400 e. The lowest BCUT2D eigenvalue weighted by molar-refractivity contribution is -0.225. The minimum Gasteiger partial charge on any atom is -0.432 e. The topological polar surface area (TPSA) is 36.9 Å². The Balaban J connectivity index is 0.000000191. The van der Waals surface area contributed by atoms with Crippen LogP contribution in [0.15, 0.2) is 48.5 Å². The molecular formula is C95H136F16O4. The van der Waals surface area contributed by atoms with Gasteiger partial charge in [0, 0.05) is 70.8 Å². The van der Waals surface area contributed by atoms with Crippen molar-refractivity contribution in [2.75, 3.05) is 0 Å². The molecule has 652 valence electrons. The summed E-state index contributed by atoms with van der Waals surface area (Å²) in [5.41, 5.74) is -0.759. The first-order chi connectivity index (χ1) is 54.2. The lowest BCUT2D eigenvalue weighted by Crippen LogP contribution is -2.38. The van der Waals surface area contributed by atoms with Crippen molar-refractivity contribution in [3.05, 3.63) is 117 Å². The van der Waals surface area contributed by atoms with E-state index in [4.69, 9.17) is 18.9 Å². The van der Waals surface area contributed by atoms with Gasteiger partial charge >= 0.3 is 24.4 Å². The van der Waals surface area contributed by atoms with E-state index in [0.717, 1.165) is 124 Å². The molecule has 0 amide bonds. The number of rotatable bonds is 26. The van der Waals surface area contributed by atoms with Crippen molar-refractivity contribution < 1.29 is 89.2 Å². The quantitative estimate of drug-likeness (QED) is 0.0464. The summed E-state index contributed by atoms with van der Waals surface area (Å²) in [4.78, 5) is 0. The molecule has 0 unspecified atom stereocenters. The number of unbranched alkanes of at least 4 members (excludes halogenated alkanes) is 3. The molecule has 0 radical (unpaired) electrons. The fraction of sp³-hybridized carbons (Fsp3) is 0.747. The van der Waals surface area contributed by atoms with Gasteiger partial charge in [-0.15, -0.1) is 0 Å². The van der Waals surface area contributed by atoms with Gasteiger partial charge in [0.05, 0.1) is 23.7 Å². The Kier molecular flexibility index (Phi) is 36.9. The SMILES string of the molecule is C.CCC1CCC(C2CCC(C(F)(F)Oc3cc(F)c(C)c(F)c3)CC2)CC1.CCCC1CCC(C2CCC(C(F)(F)Oc3cc(F)c(C)c(F)c3)CC2)CC1.CCCCC1CCC(C2CCC(C(F)(F)Oc3cc(F)c(C)c(F)c3)CC2)CC1.CCCCCC1CCC(C2CCC(C(F)(F)Oc3cc(F)c(C)c(F)c3)CC2)CC1. The number of ether oxygens (including phenoxy) is 4. The van der Waals surface area contributed by atoms with Gasteiger partial charge in [-0.1, -0.05) is 151 Å². The average Bonchev–Trinajstić information content (AvgIpc) is 0.818. The van der Waals surface area contributed by atoms with Gasteiger partial charge in [-0.2, -0.15) is 35.1 Å². The van der Waals surface area contributed by atoms with E-state index in [1.165, 1.54) is 195 Å². The molecule has 0 heterocycles. The van der Waals surface area contributed by atoms with Crippen molar-refractivity contribution in [1.29, 1.82) is 0 Å². The van der Waals surface area contributed by atoms with Crippen molar-refractivity contribution >= 4 is 0 Å².